The second-order valence-electron chi connectivity index (χ2n) is 4.59. The molecule has 0 saturated carbocycles. The van der Waals surface area contributed by atoms with Crippen molar-refractivity contribution in [2.75, 3.05) is 6.61 Å². The number of carbonyl (C=O) groups excluding carboxylic acids is 1. The quantitative estimate of drug-likeness (QED) is 0.800. The number of ether oxygens (including phenoxy) is 1. The summed E-state index contributed by atoms with van der Waals surface area (Å²) in [6.07, 6.45) is 0. The molecule has 1 aromatic heterocycles. The van der Waals surface area contributed by atoms with E-state index >= 15 is 0 Å². The molecule has 1 unspecified atom stereocenters. The molecule has 0 fully saturated rings. The van der Waals surface area contributed by atoms with E-state index < -0.39 is 5.92 Å². The molecule has 0 saturated heterocycles. The number of esters is 1. The minimum atomic E-state index is -0.393. The highest BCUT2D eigenvalue weighted by molar-refractivity contribution is 5.76. The maximum Gasteiger partial charge on any atom is 0.316 e. The number of H-pyrrole nitrogens is 1. The van der Waals surface area contributed by atoms with Gasteiger partial charge in [0.15, 0.2) is 5.82 Å². The van der Waals surface area contributed by atoms with Gasteiger partial charge in [0.25, 0.3) is 0 Å². The van der Waals surface area contributed by atoms with E-state index in [9.17, 15) is 4.79 Å². The Kier molecular flexibility index (Phi) is 4.66. The molecule has 17 heavy (non-hydrogen) atoms. The third-order valence-electron chi connectivity index (χ3n) is 2.98. The second kappa shape index (κ2) is 5.80. The molecule has 0 aliphatic heterocycles. The minimum Gasteiger partial charge on any atom is -0.465 e. The number of hydrogen-bond acceptors (Lipinski definition) is 4. The number of rotatable bonds is 5. The zero-order valence-corrected chi connectivity index (χ0v) is 11.2. The van der Waals surface area contributed by atoms with Crippen molar-refractivity contribution >= 4 is 5.97 Å². The molecule has 0 spiro atoms. The van der Waals surface area contributed by atoms with Gasteiger partial charge in [-0.1, -0.05) is 20.8 Å². The molecule has 5 heteroatoms. The number of nitrogens with zero attached hydrogens (tertiary/aromatic N) is 2. The van der Waals surface area contributed by atoms with Gasteiger partial charge in [0.2, 0.25) is 0 Å². The number of aromatic nitrogens is 3. The van der Waals surface area contributed by atoms with Crippen molar-refractivity contribution in [2.45, 2.75) is 46.5 Å². The van der Waals surface area contributed by atoms with Gasteiger partial charge in [0.1, 0.15) is 11.7 Å². The van der Waals surface area contributed by atoms with Crippen LogP contribution in [0.5, 0.6) is 0 Å². The first-order chi connectivity index (χ1) is 7.97. The van der Waals surface area contributed by atoms with Gasteiger partial charge in [-0.15, -0.1) is 0 Å². The largest absolute Gasteiger partial charge is 0.465 e. The van der Waals surface area contributed by atoms with Crippen LogP contribution in [-0.4, -0.2) is 27.8 Å². The monoisotopic (exact) mass is 239 g/mol. The van der Waals surface area contributed by atoms with Gasteiger partial charge < -0.3 is 4.74 Å². The van der Waals surface area contributed by atoms with Crippen LogP contribution in [0.4, 0.5) is 0 Å². The molecule has 1 aromatic rings. The van der Waals surface area contributed by atoms with Crippen LogP contribution in [-0.2, 0) is 9.53 Å². The molecule has 1 N–H and O–H groups in total. The van der Waals surface area contributed by atoms with Crippen LogP contribution in [0, 0.1) is 5.92 Å². The number of carbonyl (C=O) groups is 1. The van der Waals surface area contributed by atoms with Crippen molar-refractivity contribution in [2.24, 2.45) is 5.92 Å². The van der Waals surface area contributed by atoms with Crippen molar-refractivity contribution in [1.29, 1.82) is 0 Å². The van der Waals surface area contributed by atoms with E-state index in [0.717, 1.165) is 5.82 Å². The maximum absolute atomic E-state index is 11.5. The lowest BCUT2D eigenvalue weighted by Gasteiger charge is -2.10. The van der Waals surface area contributed by atoms with Gasteiger partial charge in [-0.3, -0.25) is 9.89 Å². The highest BCUT2D eigenvalue weighted by atomic mass is 16.5. The summed E-state index contributed by atoms with van der Waals surface area (Å²) >= 11 is 0. The molecule has 0 aromatic carbocycles. The number of aromatic amines is 1. The lowest BCUT2D eigenvalue weighted by Crippen LogP contribution is -2.14. The molecule has 1 rings (SSSR count). The Balaban J connectivity index is 2.77. The summed E-state index contributed by atoms with van der Waals surface area (Å²) in [6.45, 7) is 10.3. The fourth-order valence-electron chi connectivity index (χ4n) is 1.36. The fourth-order valence-corrected chi connectivity index (χ4v) is 1.36. The molecule has 0 aliphatic carbocycles. The van der Waals surface area contributed by atoms with Crippen molar-refractivity contribution in [3.8, 4) is 0 Å². The van der Waals surface area contributed by atoms with Crippen LogP contribution in [0.3, 0.4) is 0 Å². The van der Waals surface area contributed by atoms with Crippen LogP contribution in [0.15, 0.2) is 0 Å². The van der Waals surface area contributed by atoms with Crippen LogP contribution >= 0.6 is 0 Å². The molecular weight excluding hydrogens is 218 g/mol. The molecule has 0 bridgehead atoms. The van der Waals surface area contributed by atoms with Crippen molar-refractivity contribution in [3.05, 3.63) is 11.6 Å². The molecule has 1 heterocycles. The van der Waals surface area contributed by atoms with Crippen molar-refractivity contribution in [3.63, 3.8) is 0 Å². The molecule has 96 valence electrons. The van der Waals surface area contributed by atoms with E-state index in [-0.39, 0.29) is 11.9 Å². The van der Waals surface area contributed by atoms with Crippen LogP contribution in [0.25, 0.3) is 0 Å². The molecule has 5 nitrogen and oxygen atoms in total. The van der Waals surface area contributed by atoms with E-state index in [1.165, 1.54) is 0 Å². The van der Waals surface area contributed by atoms with Gasteiger partial charge in [-0.2, -0.15) is 5.10 Å². The smallest absolute Gasteiger partial charge is 0.316 e. The van der Waals surface area contributed by atoms with Gasteiger partial charge in [0.05, 0.1) is 6.61 Å². The van der Waals surface area contributed by atoms with E-state index in [1.54, 1.807) is 13.8 Å². The van der Waals surface area contributed by atoms with Crippen LogP contribution < -0.4 is 0 Å². The highest BCUT2D eigenvalue weighted by Gasteiger charge is 2.22. The zero-order valence-electron chi connectivity index (χ0n) is 11.2. The fraction of sp³-hybridized carbons (Fsp3) is 0.750. The predicted molar refractivity (Wildman–Crippen MR) is 64.7 cm³/mol. The summed E-state index contributed by atoms with van der Waals surface area (Å²) in [7, 11) is 0. The normalized spacial score (nSPS) is 14.7. The SMILES string of the molecule is CCOC(=O)C(C)c1nc([C@@H](C)C(C)C)n[nH]1. The van der Waals surface area contributed by atoms with E-state index in [1.807, 2.05) is 0 Å². The number of nitrogens with one attached hydrogen (secondary N) is 1. The Morgan fingerprint density at radius 2 is 2.00 bits per heavy atom. The molecule has 0 radical (unpaired) electrons. The summed E-state index contributed by atoms with van der Waals surface area (Å²) < 4.78 is 4.95. The first kappa shape index (κ1) is 13.7. The van der Waals surface area contributed by atoms with E-state index in [0.29, 0.717) is 18.3 Å². The lowest BCUT2D eigenvalue weighted by atomic mass is 9.98. The highest BCUT2D eigenvalue weighted by Crippen LogP contribution is 2.21. The Hall–Kier alpha value is -1.39. The topological polar surface area (TPSA) is 67.9 Å². The average molecular weight is 239 g/mol. The third-order valence-corrected chi connectivity index (χ3v) is 2.98. The van der Waals surface area contributed by atoms with Crippen LogP contribution in [0.1, 0.15) is 58.1 Å². The molecule has 0 amide bonds. The van der Waals surface area contributed by atoms with Gasteiger partial charge in [-0.05, 0) is 19.8 Å². The third kappa shape index (κ3) is 3.28. The van der Waals surface area contributed by atoms with E-state index in [2.05, 4.69) is 36.0 Å². The summed E-state index contributed by atoms with van der Waals surface area (Å²) in [5.74, 6) is 1.41. The summed E-state index contributed by atoms with van der Waals surface area (Å²) in [6, 6.07) is 0. The Bertz CT molecular complexity index is 374. The van der Waals surface area contributed by atoms with Crippen molar-refractivity contribution < 1.29 is 9.53 Å². The molecule has 2 atom stereocenters. The minimum absolute atomic E-state index is 0.271. The zero-order chi connectivity index (χ0) is 13.0. The Labute approximate surface area is 102 Å². The first-order valence-electron chi connectivity index (χ1n) is 6.06. The first-order valence-corrected chi connectivity index (χ1v) is 6.06. The summed E-state index contributed by atoms with van der Waals surface area (Å²) in [5.41, 5.74) is 0. The number of hydrogen-bond donors (Lipinski definition) is 1. The Morgan fingerprint density at radius 1 is 1.35 bits per heavy atom. The van der Waals surface area contributed by atoms with Crippen LogP contribution in [0.2, 0.25) is 0 Å². The van der Waals surface area contributed by atoms with Gasteiger partial charge >= 0.3 is 5.97 Å². The summed E-state index contributed by atoms with van der Waals surface area (Å²) in [4.78, 5) is 15.9. The van der Waals surface area contributed by atoms with E-state index in [4.69, 9.17) is 4.74 Å². The average Bonchev–Trinajstić information content (AvgIpc) is 2.76. The summed E-state index contributed by atoms with van der Waals surface area (Å²) in [5, 5.41) is 6.98. The predicted octanol–water partition coefficient (Wildman–Crippen LogP) is 2.23. The molecule has 0 aliphatic rings. The second-order valence-corrected chi connectivity index (χ2v) is 4.59. The standard InChI is InChI=1S/C12H21N3O2/c1-6-17-12(16)9(5)11-13-10(14-15-11)8(4)7(2)3/h7-9H,6H2,1-5H3,(H,13,14,15)/t8-,9?/m0/s1. The molecular formula is C12H21N3O2. The lowest BCUT2D eigenvalue weighted by molar-refractivity contribution is -0.144. The van der Waals surface area contributed by atoms with Gasteiger partial charge in [-0.25, -0.2) is 4.98 Å². The van der Waals surface area contributed by atoms with Crippen molar-refractivity contribution in [1.82, 2.24) is 15.2 Å². The maximum atomic E-state index is 11.5. The Morgan fingerprint density at radius 3 is 2.53 bits per heavy atom. The van der Waals surface area contributed by atoms with Gasteiger partial charge in [0, 0.05) is 5.92 Å².